The number of carbonyl (C=O) groups is 2. The second-order valence-corrected chi connectivity index (χ2v) is 4.83. The van der Waals surface area contributed by atoms with Crippen LogP contribution in [0.2, 0.25) is 0 Å². The Bertz CT molecular complexity index is 709. The Labute approximate surface area is 128 Å². The van der Waals surface area contributed by atoms with E-state index < -0.39 is 11.7 Å². The number of amides is 1. The van der Waals surface area contributed by atoms with Crippen molar-refractivity contribution in [3.8, 4) is 11.5 Å². The highest BCUT2D eigenvalue weighted by Crippen LogP contribution is 2.28. The molecule has 1 heterocycles. The normalized spacial score (nSPS) is 13.2. The molecule has 0 aromatic heterocycles. The molecule has 0 saturated heterocycles. The second-order valence-electron chi connectivity index (χ2n) is 4.83. The molecule has 5 nitrogen and oxygen atoms in total. The van der Waals surface area contributed by atoms with Crippen LogP contribution in [0.15, 0.2) is 48.5 Å². The number of anilines is 1. The van der Waals surface area contributed by atoms with Crippen LogP contribution < -0.4 is 14.4 Å². The smallest absolute Gasteiger partial charge is 0.299 e. The number of ketones is 1. The molecule has 0 unspecified atom stereocenters. The second kappa shape index (κ2) is 5.89. The van der Waals surface area contributed by atoms with Gasteiger partial charge in [-0.05, 0) is 36.4 Å². The van der Waals surface area contributed by atoms with Gasteiger partial charge in [-0.25, -0.2) is 0 Å². The summed E-state index contributed by atoms with van der Waals surface area (Å²) in [5, 5.41) is 0. The van der Waals surface area contributed by atoms with Crippen molar-refractivity contribution >= 4 is 17.4 Å². The number of hydrogen-bond acceptors (Lipinski definition) is 4. The molecular formula is C17H15NO4. The van der Waals surface area contributed by atoms with Crippen LogP contribution in [-0.2, 0) is 4.79 Å². The van der Waals surface area contributed by atoms with Gasteiger partial charge in [0.15, 0.2) is 0 Å². The average molecular weight is 297 g/mol. The summed E-state index contributed by atoms with van der Waals surface area (Å²) in [7, 11) is 1.60. The third-order valence-corrected chi connectivity index (χ3v) is 3.52. The highest BCUT2D eigenvalue weighted by molar-refractivity contribution is 6.52. The van der Waals surface area contributed by atoms with Gasteiger partial charge in [0.1, 0.15) is 18.1 Å². The minimum atomic E-state index is -0.500. The van der Waals surface area contributed by atoms with E-state index in [1.54, 1.807) is 49.6 Å². The predicted molar refractivity (Wildman–Crippen MR) is 81.6 cm³/mol. The van der Waals surface area contributed by atoms with Crippen LogP contribution in [0.25, 0.3) is 0 Å². The summed E-state index contributed by atoms with van der Waals surface area (Å²) < 4.78 is 10.7. The van der Waals surface area contributed by atoms with E-state index in [0.717, 1.165) is 5.75 Å². The van der Waals surface area contributed by atoms with E-state index in [4.69, 9.17) is 9.47 Å². The van der Waals surface area contributed by atoms with Crippen molar-refractivity contribution in [1.29, 1.82) is 0 Å². The molecule has 2 aromatic rings. The quantitative estimate of drug-likeness (QED) is 0.795. The summed E-state index contributed by atoms with van der Waals surface area (Å²) in [5.41, 5.74) is 1.10. The third kappa shape index (κ3) is 2.53. The van der Waals surface area contributed by atoms with Crippen molar-refractivity contribution in [2.24, 2.45) is 0 Å². The molecule has 0 aliphatic carbocycles. The first-order valence-corrected chi connectivity index (χ1v) is 6.93. The first kappa shape index (κ1) is 14.1. The summed E-state index contributed by atoms with van der Waals surface area (Å²) in [5.74, 6) is 0.480. The van der Waals surface area contributed by atoms with Crippen molar-refractivity contribution in [2.75, 3.05) is 25.2 Å². The highest BCUT2D eigenvalue weighted by atomic mass is 16.5. The molecule has 1 aliphatic heterocycles. The number of methoxy groups -OCH3 is 1. The lowest BCUT2D eigenvalue weighted by Crippen LogP contribution is -2.33. The van der Waals surface area contributed by atoms with Crippen LogP contribution in [0.5, 0.6) is 11.5 Å². The van der Waals surface area contributed by atoms with Gasteiger partial charge in [0.05, 0.1) is 24.9 Å². The zero-order valence-electron chi connectivity index (χ0n) is 12.1. The van der Waals surface area contributed by atoms with E-state index in [2.05, 4.69) is 0 Å². The van der Waals surface area contributed by atoms with Crippen LogP contribution in [0.4, 0.5) is 5.69 Å². The fraction of sp³-hybridized carbons (Fsp3) is 0.176. The lowest BCUT2D eigenvalue weighted by Gasteiger charge is -2.16. The summed E-state index contributed by atoms with van der Waals surface area (Å²) in [6.45, 7) is 0.632. The molecule has 112 valence electrons. The fourth-order valence-corrected chi connectivity index (χ4v) is 2.40. The molecule has 1 aliphatic rings. The van der Waals surface area contributed by atoms with E-state index in [1.165, 1.54) is 4.90 Å². The lowest BCUT2D eigenvalue weighted by atomic mass is 10.1. The SMILES string of the molecule is COc1ccc(OCCN2C(=O)C(=O)c3ccccc32)cc1. The van der Waals surface area contributed by atoms with E-state index in [0.29, 0.717) is 30.2 Å². The Morgan fingerprint density at radius 1 is 0.955 bits per heavy atom. The summed E-state index contributed by atoms with van der Waals surface area (Å²) in [4.78, 5) is 25.3. The Hall–Kier alpha value is -2.82. The van der Waals surface area contributed by atoms with E-state index in [-0.39, 0.29) is 0 Å². The van der Waals surface area contributed by atoms with Crippen molar-refractivity contribution < 1.29 is 19.1 Å². The maximum absolute atomic E-state index is 12.0. The van der Waals surface area contributed by atoms with Crippen LogP contribution in [0.1, 0.15) is 10.4 Å². The molecule has 5 heteroatoms. The van der Waals surface area contributed by atoms with E-state index >= 15 is 0 Å². The molecule has 1 amide bonds. The summed E-state index contributed by atoms with van der Waals surface area (Å²) in [6, 6.07) is 14.2. The molecule has 22 heavy (non-hydrogen) atoms. The first-order valence-electron chi connectivity index (χ1n) is 6.93. The topological polar surface area (TPSA) is 55.8 Å². The maximum atomic E-state index is 12.0. The van der Waals surface area contributed by atoms with Gasteiger partial charge in [-0.3, -0.25) is 9.59 Å². The van der Waals surface area contributed by atoms with E-state index in [1.807, 2.05) is 6.07 Å². The first-order chi connectivity index (χ1) is 10.7. The number of rotatable bonds is 5. The molecule has 0 bridgehead atoms. The molecular weight excluding hydrogens is 282 g/mol. The van der Waals surface area contributed by atoms with Crippen LogP contribution >= 0.6 is 0 Å². The molecule has 3 rings (SSSR count). The van der Waals surface area contributed by atoms with Crippen LogP contribution in [0, 0.1) is 0 Å². The minimum absolute atomic E-state index is 0.305. The minimum Gasteiger partial charge on any atom is -0.497 e. The Morgan fingerprint density at radius 2 is 1.64 bits per heavy atom. The average Bonchev–Trinajstić information content (AvgIpc) is 2.81. The Kier molecular flexibility index (Phi) is 3.78. The summed E-state index contributed by atoms with van der Waals surface area (Å²) in [6.07, 6.45) is 0. The molecule has 0 atom stereocenters. The van der Waals surface area contributed by atoms with Gasteiger partial charge < -0.3 is 14.4 Å². The van der Waals surface area contributed by atoms with Crippen molar-refractivity contribution in [1.82, 2.24) is 0 Å². The Morgan fingerprint density at radius 3 is 2.36 bits per heavy atom. The molecule has 2 aromatic carbocycles. The number of Topliss-reactive ketones (excluding diaryl/α,β-unsaturated/α-hetero) is 1. The zero-order chi connectivity index (χ0) is 15.5. The number of fused-ring (bicyclic) bond motifs is 1. The van der Waals surface area contributed by atoms with Gasteiger partial charge in [-0.2, -0.15) is 0 Å². The van der Waals surface area contributed by atoms with Gasteiger partial charge >= 0.3 is 0 Å². The van der Waals surface area contributed by atoms with Gasteiger partial charge in [0.25, 0.3) is 11.7 Å². The highest BCUT2D eigenvalue weighted by Gasteiger charge is 2.34. The van der Waals surface area contributed by atoms with Crippen molar-refractivity contribution in [3.05, 3.63) is 54.1 Å². The van der Waals surface area contributed by atoms with Gasteiger partial charge in [0.2, 0.25) is 0 Å². The maximum Gasteiger partial charge on any atom is 0.299 e. The number of para-hydroxylation sites is 1. The van der Waals surface area contributed by atoms with E-state index in [9.17, 15) is 9.59 Å². The third-order valence-electron chi connectivity index (χ3n) is 3.52. The van der Waals surface area contributed by atoms with Crippen LogP contribution in [-0.4, -0.2) is 32.0 Å². The van der Waals surface area contributed by atoms with Gasteiger partial charge in [-0.1, -0.05) is 12.1 Å². The number of nitrogens with zero attached hydrogens (tertiary/aromatic N) is 1. The number of hydrogen-bond donors (Lipinski definition) is 0. The Balaban J connectivity index is 1.64. The number of carbonyl (C=O) groups excluding carboxylic acids is 2. The van der Waals surface area contributed by atoms with Gasteiger partial charge in [0, 0.05) is 0 Å². The number of benzene rings is 2. The van der Waals surface area contributed by atoms with Crippen molar-refractivity contribution in [3.63, 3.8) is 0 Å². The van der Waals surface area contributed by atoms with Gasteiger partial charge in [-0.15, -0.1) is 0 Å². The lowest BCUT2D eigenvalue weighted by molar-refractivity contribution is -0.114. The fourth-order valence-electron chi connectivity index (χ4n) is 2.40. The predicted octanol–water partition coefficient (Wildman–Crippen LogP) is 2.30. The molecule has 0 N–H and O–H groups in total. The number of ether oxygens (including phenoxy) is 2. The van der Waals surface area contributed by atoms with Crippen molar-refractivity contribution in [2.45, 2.75) is 0 Å². The van der Waals surface area contributed by atoms with Crippen LogP contribution in [0.3, 0.4) is 0 Å². The molecule has 0 saturated carbocycles. The molecule has 0 spiro atoms. The zero-order valence-corrected chi connectivity index (χ0v) is 12.1. The summed E-state index contributed by atoms with van der Waals surface area (Å²) >= 11 is 0. The largest absolute Gasteiger partial charge is 0.497 e. The standard InChI is InChI=1S/C17H15NO4/c1-21-12-6-8-13(9-7-12)22-11-10-18-15-5-3-2-4-14(15)16(19)17(18)20/h2-9H,10-11H2,1H3. The molecule has 0 radical (unpaired) electrons. The monoisotopic (exact) mass is 297 g/mol. The molecule has 0 fully saturated rings.